The van der Waals surface area contributed by atoms with E-state index in [2.05, 4.69) is 40.5 Å². The van der Waals surface area contributed by atoms with Crippen LogP contribution in [0.15, 0.2) is 6.20 Å². The molecule has 2 unspecified atom stereocenters. The minimum atomic E-state index is -2.87. The maximum atomic E-state index is 11.7. The van der Waals surface area contributed by atoms with Crippen LogP contribution < -0.4 is 4.90 Å². The van der Waals surface area contributed by atoms with Crippen LogP contribution in [0.1, 0.15) is 44.5 Å². The molecular formula is C18H25N5O2S. The average molecular weight is 375 g/mol. The monoisotopic (exact) mass is 375 g/mol. The van der Waals surface area contributed by atoms with Crippen molar-refractivity contribution in [1.29, 1.82) is 5.26 Å². The van der Waals surface area contributed by atoms with Gasteiger partial charge in [-0.25, -0.2) is 18.4 Å². The van der Waals surface area contributed by atoms with Gasteiger partial charge in [-0.15, -0.1) is 0 Å². The quantitative estimate of drug-likeness (QED) is 0.783. The van der Waals surface area contributed by atoms with Gasteiger partial charge in [0.2, 0.25) is 5.82 Å². The normalized spacial score (nSPS) is 29.8. The number of hydrogen-bond donors (Lipinski definition) is 0. The molecule has 3 aliphatic rings. The Labute approximate surface area is 155 Å². The lowest BCUT2D eigenvalue weighted by molar-refractivity contribution is 0.254. The molecule has 2 aliphatic heterocycles. The summed E-state index contributed by atoms with van der Waals surface area (Å²) in [5.41, 5.74) is 1.20. The molecule has 0 N–H and O–H groups in total. The molecule has 2 fully saturated rings. The smallest absolute Gasteiger partial charge is 0.234 e. The van der Waals surface area contributed by atoms with Crippen molar-refractivity contribution >= 4 is 15.7 Å². The summed E-state index contributed by atoms with van der Waals surface area (Å²) in [6.07, 6.45) is 2.87. The fraction of sp³-hybridized carbons (Fsp3) is 0.722. The highest BCUT2D eigenvalue weighted by Crippen LogP contribution is 2.64. The highest BCUT2D eigenvalue weighted by atomic mass is 32.2. The minimum Gasteiger partial charge on any atom is -0.348 e. The Kier molecular flexibility index (Phi) is 3.83. The second kappa shape index (κ2) is 5.64. The van der Waals surface area contributed by atoms with E-state index >= 15 is 0 Å². The van der Waals surface area contributed by atoms with Gasteiger partial charge in [-0.05, 0) is 11.8 Å². The van der Waals surface area contributed by atoms with Crippen LogP contribution in [0.2, 0.25) is 0 Å². The van der Waals surface area contributed by atoms with Crippen LogP contribution in [0, 0.1) is 16.7 Å². The Morgan fingerprint density at radius 2 is 2.04 bits per heavy atom. The Morgan fingerprint density at radius 1 is 1.35 bits per heavy atom. The molecule has 0 aromatic carbocycles. The molecule has 0 spiro atoms. The fourth-order valence-electron chi connectivity index (χ4n) is 4.36. The number of anilines is 1. The summed E-state index contributed by atoms with van der Waals surface area (Å²) in [4.78, 5) is 13.4. The van der Waals surface area contributed by atoms with E-state index in [4.69, 9.17) is 0 Å². The molecule has 2 atom stereocenters. The van der Waals surface area contributed by atoms with Crippen LogP contribution in [0.4, 0.5) is 5.82 Å². The van der Waals surface area contributed by atoms with Gasteiger partial charge >= 0.3 is 0 Å². The number of fused-ring (bicyclic) bond motifs is 3. The molecule has 140 valence electrons. The van der Waals surface area contributed by atoms with Gasteiger partial charge in [0.25, 0.3) is 0 Å². The zero-order valence-electron chi connectivity index (χ0n) is 15.6. The molecule has 0 amide bonds. The van der Waals surface area contributed by atoms with Gasteiger partial charge in [0, 0.05) is 43.9 Å². The van der Waals surface area contributed by atoms with E-state index in [0.717, 1.165) is 30.9 Å². The van der Waals surface area contributed by atoms with E-state index in [9.17, 15) is 13.7 Å². The molecule has 1 saturated carbocycles. The first-order valence-corrected chi connectivity index (χ1v) is 10.9. The maximum absolute atomic E-state index is 11.7. The van der Waals surface area contributed by atoms with Crippen molar-refractivity contribution in [1.82, 2.24) is 14.9 Å². The first-order valence-electron chi connectivity index (χ1n) is 9.11. The third kappa shape index (κ3) is 2.97. The molecule has 26 heavy (non-hydrogen) atoms. The van der Waals surface area contributed by atoms with E-state index in [1.165, 1.54) is 0 Å². The van der Waals surface area contributed by atoms with E-state index in [-0.39, 0.29) is 28.3 Å². The number of hydrogen-bond acceptors (Lipinski definition) is 7. The van der Waals surface area contributed by atoms with Crippen LogP contribution >= 0.6 is 0 Å². The van der Waals surface area contributed by atoms with Crippen molar-refractivity contribution in [2.24, 2.45) is 5.41 Å². The van der Waals surface area contributed by atoms with Gasteiger partial charge in [-0.2, -0.15) is 5.26 Å². The minimum absolute atomic E-state index is 0.0283. The molecule has 3 heterocycles. The van der Waals surface area contributed by atoms with Crippen molar-refractivity contribution in [2.75, 3.05) is 42.6 Å². The van der Waals surface area contributed by atoms with Crippen molar-refractivity contribution in [3.05, 3.63) is 17.6 Å². The Balaban J connectivity index is 1.63. The van der Waals surface area contributed by atoms with E-state index < -0.39 is 9.84 Å². The summed E-state index contributed by atoms with van der Waals surface area (Å²) >= 11 is 0. The predicted molar refractivity (Wildman–Crippen MR) is 98.7 cm³/mol. The second-order valence-electron chi connectivity index (χ2n) is 9.02. The van der Waals surface area contributed by atoms with Gasteiger partial charge in [0.05, 0.1) is 17.0 Å². The summed E-state index contributed by atoms with van der Waals surface area (Å²) in [6, 6.07) is 2.05. The lowest BCUT2D eigenvalue weighted by Crippen LogP contribution is -2.51. The number of aromatic nitrogens is 2. The molecule has 0 radical (unpaired) electrons. The van der Waals surface area contributed by atoms with Gasteiger partial charge in [-0.3, -0.25) is 4.90 Å². The standard InChI is InChI=1S/C18H25N5O2S/c1-17(2,3)11-23-16-13(10-20-15(9-19)21-16)14-8-18(14,23)12-22-4-6-26(24,25)7-5-22/h10,14H,4-8,11-12H2,1-3H3. The lowest BCUT2D eigenvalue weighted by Gasteiger charge is -2.39. The van der Waals surface area contributed by atoms with Crippen LogP contribution in [0.25, 0.3) is 0 Å². The molecule has 0 bridgehead atoms. The van der Waals surface area contributed by atoms with Crippen LogP contribution in [0.3, 0.4) is 0 Å². The molecule has 4 rings (SSSR count). The highest BCUT2D eigenvalue weighted by molar-refractivity contribution is 7.91. The van der Waals surface area contributed by atoms with E-state index in [1.807, 2.05) is 12.3 Å². The Morgan fingerprint density at radius 3 is 2.65 bits per heavy atom. The third-order valence-electron chi connectivity index (χ3n) is 5.68. The lowest BCUT2D eigenvalue weighted by atomic mass is 9.95. The Bertz CT molecular complexity index is 872. The summed E-state index contributed by atoms with van der Waals surface area (Å²) in [6.45, 7) is 9.52. The zero-order valence-corrected chi connectivity index (χ0v) is 16.4. The molecule has 8 heteroatoms. The van der Waals surface area contributed by atoms with Crippen LogP contribution in [-0.2, 0) is 9.84 Å². The first kappa shape index (κ1) is 17.7. The summed E-state index contributed by atoms with van der Waals surface area (Å²) in [5.74, 6) is 1.98. The third-order valence-corrected chi connectivity index (χ3v) is 7.29. The first-order chi connectivity index (χ1) is 12.1. The van der Waals surface area contributed by atoms with Crippen molar-refractivity contribution in [2.45, 2.75) is 38.6 Å². The summed E-state index contributed by atoms with van der Waals surface area (Å²) in [7, 11) is -2.87. The van der Waals surface area contributed by atoms with E-state index in [1.54, 1.807) is 0 Å². The molecule has 7 nitrogen and oxygen atoms in total. The molecule has 1 aromatic heterocycles. The maximum Gasteiger partial charge on any atom is 0.234 e. The van der Waals surface area contributed by atoms with Gasteiger partial charge in [0.1, 0.15) is 11.9 Å². The number of rotatable bonds is 3. The molecule has 1 aliphatic carbocycles. The van der Waals surface area contributed by atoms with Gasteiger partial charge < -0.3 is 4.90 Å². The van der Waals surface area contributed by atoms with Crippen molar-refractivity contribution in [3.63, 3.8) is 0 Å². The SMILES string of the molecule is CC(C)(C)CN1c2nc(C#N)ncc2C2CC21CN1CCS(=O)(=O)CC1. The number of nitrogens with zero attached hydrogens (tertiary/aromatic N) is 5. The molecular weight excluding hydrogens is 350 g/mol. The summed E-state index contributed by atoms with van der Waals surface area (Å²) < 4.78 is 23.5. The van der Waals surface area contributed by atoms with Gasteiger partial charge in [-0.1, -0.05) is 20.8 Å². The predicted octanol–water partition coefficient (Wildman–Crippen LogP) is 1.17. The molecule has 1 aromatic rings. The van der Waals surface area contributed by atoms with Crippen LogP contribution in [-0.4, -0.2) is 66.5 Å². The number of sulfone groups is 1. The second-order valence-corrected chi connectivity index (χ2v) is 11.3. The summed E-state index contributed by atoms with van der Waals surface area (Å²) in [5, 5.41) is 9.18. The van der Waals surface area contributed by atoms with E-state index in [0.29, 0.717) is 19.0 Å². The number of nitriles is 1. The zero-order chi connectivity index (χ0) is 18.7. The topological polar surface area (TPSA) is 90.2 Å². The largest absolute Gasteiger partial charge is 0.348 e. The fourth-order valence-corrected chi connectivity index (χ4v) is 5.64. The highest BCUT2D eigenvalue weighted by Gasteiger charge is 2.66. The van der Waals surface area contributed by atoms with Gasteiger partial charge in [0.15, 0.2) is 9.84 Å². The van der Waals surface area contributed by atoms with Crippen molar-refractivity contribution in [3.8, 4) is 6.07 Å². The molecule has 1 saturated heterocycles. The van der Waals surface area contributed by atoms with Crippen LogP contribution in [0.5, 0.6) is 0 Å². The average Bonchev–Trinajstić information content (AvgIpc) is 3.23. The Hall–Kier alpha value is -1.72. The van der Waals surface area contributed by atoms with Crippen molar-refractivity contribution < 1.29 is 8.42 Å².